The van der Waals surface area contributed by atoms with Gasteiger partial charge in [0, 0.05) is 44.4 Å². The Morgan fingerprint density at radius 1 is 1.29 bits per heavy atom. The van der Waals surface area contributed by atoms with E-state index < -0.39 is 0 Å². The summed E-state index contributed by atoms with van der Waals surface area (Å²) in [6.45, 7) is 2.65. The highest BCUT2D eigenvalue weighted by Gasteiger charge is 2.49. The predicted octanol–water partition coefficient (Wildman–Crippen LogP) is 1.08. The summed E-state index contributed by atoms with van der Waals surface area (Å²) in [6.07, 6.45) is 6.54. The van der Waals surface area contributed by atoms with Gasteiger partial charge in [0.15, 0.2) is 0 Å². The van der Waals surface area contributed by atoms with Crippen molar-refractivity contribution in [2.45, 2.75) is 37.1 Å². The Labute approximate surface area is 141 Å². The second-order valence-electron chi connectivity index (χ2n) is 7.13. The molecule has 4 heterocycles. The molecule has 2 unspecified atom stereocenters. The van der Waals surface area contributed by atoms with Crippen LogP contribution in [-0.2, 0) is 14.3 Å². The van der Waals surface area contributed by atoms with Gasteiger partial charge in [0.05, 0.1) is 18.1 Å². The molecule has 1 N–H and O–H groups in total. The van der Waals surface area contributed by atoms with Crippen LogP contribution in [0.5, 0.6) is 0 Å². The van der Waals surface area contributed by atoms with Crippen molar-refractivity contribution >= 4 is 11.8 Å². The number of rotatable bonds is 2. The van der Waals surface area contributed by atoms with Gasteiger partial charge in [-0.2, -0.15) is 0 Å². The van der Waals surface area contributed by atoms with E-state index in [0.717, 1.165) is 24.8 Å². The fourth-order valence-electron chi connectivity index (χ4n) is 4.42. The highest BCUT2D eigenvalue weighted by Crippen LogP contribution is 2.43. The van der Waals surface area contributed by atoms with Gasteiger partial charge in [-0.05, 0) is 37.0 Å². The van der Waals surface area contributed by atoms with Crippen LogP contribution in [0, 0.1) is 5.92 Å². The van der Waals surface area contributed by atoms with Gasteiger partial charge < -0.3 is 15.0 Å². The molecule has 3 aliphatic heterocycles. The van der Waals surface area contributed by atoms with Crippen LogP contribution < -0.4 is 5.32 Å². The average molecular weight is 329 g/mol. The second kappa shape index (κ2) is 6.16. The number of aromatic nitrogens is 1. The lowest BCUT2D eigenvalue weighted by Crippen LogP contribution is -2.55. The summed E-state index contributed by atoms with van der Waals surface area (Å²) in [7, 11) is 0. The Kier molecular flexibility index (Phi) is 4.00. The van der Waals surface area contributed by atoms with Gasteiger partial charge in [-0.15, -0.1) is 0 Å². The molecule has 3 aliphatic rings. The number of hydrogen-bond acceptors (Lipinski definition) is 4. The zero-order valence-electron chi connectivity index (χ0n) is 13.7. The summed E-state index contributed by atoms with van der Waals surface area (Å²) < 4.78 is 5.34. The lowest BCUT2D eigenvalue weighted by Gasteiger charge is -2.43. The highest BCUT2D eigenvalue weighted by molar-refractivity contribution is 5.82. The van der Waals surface area contributed by atoms with E-state index in [1.54, 1.807) is 12.4 Å². The van der Waals surface area contributed by atoms with E-state index in [2.05, 4.69) is 10.3 Å². The molecule has 1 aromatic heterocycles. The quantitative estimate of drug-likeness (QED) is 0.881. The van der Waals surface area contributed by atoms with Crippen molar-refractivity contribution in [1.82, 2.24) is 15.2 Å². The molecule has 0 aliphatic carbocycles. The van der Waals surface area contributed by atoms with E-state index in [0.29, 0.717) is 32.7 Å². The molecular weight excluding hydrogens is 306 g/mol. The molecule has 3 saturated heterocycles. The Morgan fingerprint density at radius 2 is 2.04 bits per heavy atom. The zero-order chi connectivity index (χ0) is 16.6. The fraction of sp³-hybridized carbons (Fsp3) is 0.611. The van der Waals surface area contributed by atoms with E-state index in [1.165, 1.54) is 0 Å². The third-order valence-electron chi connectivity index (χ3n) is 5.80. The van der Waals surface area contributed by atoms with Crippen molar-refractivity contribution < 1.29 is 14.3 Å². The minimum atomic E-state index is -0.221. The number of likely N-dealkylation sites (tertiary alicyclic amines) is 1. The smallest absolute Gasteiger partial charge is 0.228 e. The molecule has 1 spiro atoms. The number of nitrogens with one attached hydrogen (secondary N) is 1. The van der Waals surface area contributed by atoms with Crippen molar-refractivity contribution in [2.24, 2.45) is 5.92 Å². The van der Waals surface area contributed by atoms with Crippen molar-refractivity contribution in [3.8, 4) is 0 Å². The van der Waals surface area contributed by atoms with Gasteiger partial charge in [0.2, 0.25) is 11.8 Å². The monoisotopic (exact) mass is 329 g/mol. The molecule has 6 nitrogen and oxygen atoms in total. The van der Waals surface area contributed by atoms with E-state index in [4.69, 9.17) is 4.74 Å². The molecule has 2 atom stereocenters. The van der Waals surface area contributed by atoms with Crippen LogP contribution >= 0.6 is 0 Å². The molecule has 0 radical (unpaired) electrons. The van der Waals surface area contributed by atoms with Gasteiger partial charge in [-0.1, -0.05) is 0 Å². The molecular formula is C18H23N3O3. The maximum absolute atomic E-state index is 12.6. The van der Waals surface area contributed by atoms with Crippen molar-refractivity contribution in [2.75, 3.05) is 26.3 Å². The Morgan fingerprint density at radius 3 is 2.71 bits per heavy atom. The lowest BCUT2D eigenvalue weighted by atomic mass is 9.74. The van der Waals surface area contributed by atoms with E-state index in [1.807, 2.05) is 17.0 Å². The summed E-state index contributed by atoms with van der Waals surface area (Å²) in [6, 6.07) is 4.00. The maximum atomic E-state index is 12.6. The number of ether oxygens (including phenoxy) is 1. The number of nitrogens with zero attached hydrogens (tertiary/aromatic N) is 2. The van der Waals surface area contributed by atoms with Gasteiger partial charge in [-0.3, -0.25) is 14.6 Å². The SMILES string of the molecule is O=C1CC(c2ccncc2)C2(CCN(C(=O)C3CCOC3)CC2)N1. The average Bonchev–Trinajstić information content (AvgIpc) is 3.24. The van der Waals surface area contributed by atoms with Crippen LogP contribution in [0.3, 0.4) is 0 Å². The third-order valence-corrected chi connectivity index (χ3v) is 5.80. The molecule has 1 aromatic rings. The summed E-state index contributed by atoms with van der Waals surface area (Å²) in [4.78, 5) is 30.7. The zero-order valence-corrected chi connectivity index (χ0v) is 13.7. The summed E-state index contributed by atoms with van der Waals surface area (Å²) in [5, 5.41) is 3.22. The Balaban J connectivity index is 1.48. The largest absolute Gasteiger partial charge is 0.381 e. The van der Waals surface area contributed by atoms with Crippen molar-refractivity contribution in [3.63, 3.8) is 0 Å². The second-order valence-corrected chi connectivity index (χ2v) is 7.13. The van der Waals surface area contributed by atoms with Gasteiger partial charge in [0.25, 0.3) is 0 Å². The van der Waals surface area contributed by atoms with Crippen LogP contribution in [0.25, 0.3) is 0 Å². The molecule has 0 bridgehead atoms. The first-order valence-corrected chi connectivity index (χ1v) is 8.75. The molecule has 0 aromatic carbocycles. The lowest BCUT2D eigenvalue weighted by molar-refractivity contribution is -0.137. The minimum absolute atomic E-state index is 0.0215. The highest BCUT2D eigenvalue weighted by atomic mass is 16.5. The fourth-order valence-corrected chi connectivity index (χ4v) is 4.42. The third kappa shape index (κ3) is 2.69. The molecule has 3 fully saturated rings. The normalized spacial score (nSPS) is 29.0. The minimum Gasteiger partial charge on any atom is -0.381 e. The first-order valence-electron chi connectivity index (χ1n) is 8.75. The molecule has 24 heavy (non-hydrogen) atoms. The number of hydrogen-bond donors (Lipinski definition) is 1. The summed E-state index contributed by atoms with van der Waals surface area (Å²) in [5.41, 5.74) is 0.939. The van der Waals surface area contributed by atoms with Gasteiger partial charge >= 0.3 is 0 Å². The molecule has 128 valence electrons. The van der Waals surface area contributed by atoms with Crippen LogP contribution in [0.2, 0.25) is 0 Å². The standard InChI is InChI=1S/C18H23N3O3/c22-16-11-15(13-1-6-19-7-2-13)18(20-16)4-8-21(9-5-18)17(23)14-3-10-24-12-14/h1-2,6-7,14-15H,3-5,8-12H2,(H,20,22). The first-order chi connectivity index (χ1) is 11.7. The predicted molar refractivity (Wildman–Crippen MR) is 87.2 cm³/mol. The van der Waals surface area contributed by atoms with E-state index in [-0.39, 0.29) is 29.2 Å². The summed E-state index contributed by atoms with van der Waals surface area (Å²) >= 11 is 0. The van der Waals surface area contributed by atoms with Crippen LogP contribution in [0.15, 0.2) is 24.5 Å². The number of carbonyl (C=O) groups excluding carboxylic acids is 2. The van der Waals surface area contributed by atoms with Crippen LogP contribution in [0.1, 0.15) is 37.2 Å². The first kappa shape index (κ1) is 15.6. The molecule has 2 amide bonds. The van der Waals surface area contributed by atoms with Crippen LogP contribution in [0.4, 0.5) is 0 Å². The van der Waals surface area contributed by atoms with Crippen molar-refractivity contribution in [3.05, 3.63) is 30.1 Å². The van der Waals surface area contributed by atoms with E-state index >= 15 is 0 Å². The van der Waals surface area contributed by atoms with E-state index in [9.17, 15) is 9.59 Å². The number of piperidine rings is 1. The molecule has 4 rings (SSSR count). The number of amides is 2. The summed E-state index contributed by atoms with van der Waals surface area (Å²) in [5.74, 6) is 0.515. The number of carbonyl (C=O) groups is 2. The van der Waals surface area contributed by atoms with Crippen LogP contribution in [-0.4, -0.2) is 53.5 Å². The van der Waals surface area contributed by atoms with Gasteiger partial charge in [-0.25, -0.2) is 0 Å². The van der Waals surface area contributed by atoms with Gasteiger partial charge in [0.1, 0.15) is 0 Å². The molecule has 6 heteroatoms. The Hall–Kier alpha value is -1.95. The number of pyridine rings is 1. The maximum Gasteiger partial charge on any atom is 0.228 e. The molecule has 0 saturated carbocycles. The van der Waals surface area contributed by atoms with Crippen molar-refractivity contribution in [1.29, 1.82) is 0 Å². The Bertz CT molecular complexity index is 620. The topological polar surface area (TPSA) is 71.5 Å².